The average Bonchev–Trinajstić information content (AvgIpc) is 2.36. The average molecular weight is 297 g/mol. The van der Waals surface area contributed by atoms with Gasteiger partial charge in [-0.05, 0) is 24.1 Å². The molecule has 20 heavy (non-hydrogen) atoms. The fourth-order valence-corrected chi connectivity index (χ4v) is 1.86. The highest BCUT2D eigenvalue weighted by Gasteiger charge is 2.11. The molecule has 0 saturated heterocycles. The molecule has 0 aliphatic rings. The van der Waals surface area contributed by atoms with Gasteiger partial charge in [-0.1, -0.05) is 25.4 Å². The second-order valence-electron chi connectivity index (χ2n) is 4.76. The summed E-state index contributed by atoms with van der Waals surface area (Å²) >= 11 is 5.66. The predicted octanol–water partition coefficient (Wildman–Crippen LogP) is 3.48. The Kier molecular flexibility index (Phi) is 4.39. The molecule has 2 aromatic rings. The van der Waals surface area contributed by atoms with Crippen LogP contribution < -0.4 is 10.3 Å². The smallest absolute Gasteiger partial charge is 0.313 e. The van der Waals surface area contributed by atoms with Crippen LogP contribution in [0.3, 0.4) is 0 Å². The summed E-state index contributed by atoms with van der Waals surface area (Å²) in [7, 11) is 0. The molecule has 0 radical (unpaired) electrons. The highest BCUT2D eigenvalue weighted by atomic mass is 35.5. The fourth-order valence-electron chi connectivity index (χ4n) is 1.70. The molecule has 2 rings (SSSR count). The second-order valence-corrected chi connectivity index (χ2v) is 5.20. The summed E-state index contributed by atoms with van der Waals surface area (Å²) in [5.74, 6) is -0.580. The number of hydrogen-bond acceptors (Lipinski definition) is 3. The van der Waals surface area contributed by atoms with Gasteiger partial charge >= 0.3 is 5.56 Å². The summed E-state index contributed by atoms with van der Waals surface area (Å²) in [4.78, 5) is 16.0. The lowest BCUT2D eigenvalue weighted by Crippen LogP contribution is -2.23. The van der Waals surface area contributed by atoms with Crippen LogP contribution in [-0.4, -0.2) is 9.55 Å². The number of rotatable bonds is 4. The van der Waals surface area contributed by atoms with Gasteiger partial charge in [0.05, 0.1) is 0 Å². The first-order valence-electron chi connectivity index (χ1n) is 6.15. The third-order valence-corrected chi connectivity index (χ3v) is 2.78. The molecule has 0 amide bonds. The van der Waals surface area contributed by atoms with Crippen LogP contribution in [0.1, 0.15) is 13.8 Å². The third-order valence-electron chi connectivity index (χ3n) is 2.54. The Morgan fingerprint density at radius 2 is 2.20 bits per heavy atom. The lowest BCUT2D eigenvalue weighted by Gasteiger charge is -2.10. The normalized spacial score (nSPS) is 10.8. The number of hydrogen-bond donors (Lipinski definition) is 0. The van der Waals surface area contributed by atoms with Crippen molar-refractivity contribution in [2.75, 3.05) is 0 Å². The summed E-state index contributed by atoms with van der Waals surface area (Å²) in [5, 5.41) is 0.257. The van der Waals surface area contributed by atoms with E-state index in [4.69, 9.17) is 16.3 Å². The lowest BCUT2D eigenvalue weighted by atomic mass is 10.2. The van der Waals surface area contributed by atoms with Crippen LogP contribution in [0.15, 0.2) is 35.4 Å². The van der Waals surface area contributed by atoms with E-state index < -0.39 is 11.4 Å². The molecule has 0 aliphatic heterocycles. The molecule has 0 aliphatic carbocycles. The Bertz CT molecular complexity index is 670. The van der Waals surface area contributed by atoms with Gasteiger partial charge in [0, 0.05) is 24.0 Å². The SMILES string of the molecule is CC(C)Cn1ccnc(Oc2ccc(Cl)cc2F)c1=O. The molecule has 1 aromatic heterocycles. The zero-order valence-electron chi connectivity index (χ0n) is 11.1. The first-order valence-corrected chi connectivity index (χ1v) is 6.53. The standard InChI is InChI=1S/C14H14ClFN2O2/c1-9(2)8-18-6-5-17-13(14(18)19)20-12-4-3-10(15)7-11(12)16/h3-7,9H,8H2,1-2H3. The first kappa shape index (κ1) is 14.5. The van der Waals surface area contributed by atoms with Crippen LogP contribution in [0.4, 0.5) is 4.39 Å². The monoisotopic (exact) mass is 296 g/mol. The van der Waals surface area contributed by atoms with Gasteiger partial charge in [0.25, 0.3) is 5.88 Å². The maximum atomic E-state index is 13.6. The van der Waals surface area contributed by atoms with Gasteiger partial charge in [0.1, 0.15) is 0 Å². The zero-order valence-corrected chi connectivity index (χ0v) is 11.9. The van der Waals surface area contributed by atoms with Crippen LogP contribution in [0.25, 0.3) is 0 Å². The fraction of sp³-hybridized carbons (Fsp3) is 0.286. The summed E-state index contributed by atoms with van der Waals surface area (Å²) in [5.41, 5.74) is -0.393. The van der Waals surface area contributed by atoms with E-state index >= 15 is 0 Å². The summed E-state index contributed by atoms with van der Waals surface area (Å²) in [6.45, 7) is 4.53. The molecule has 0 unspecified atom stereocenters. The van der Waals surface area contributed by atoms with Gasteiger partial charge in [-0.15, -0.1) is 0 Å². The molecule has 0 bridgehead atoms. The van der Waals surface area contributed by atoms with Gasteiger partial charge < -0.3 is 9.30 Å². The quantitative estimate of drug-likeness (QED) is 0.867. The van der Waals surface area contributed by atoms with Crippen molar-refractivity contribution in [3.8, 4) is 11.6 Å². The van der Waals surface area contributed by atoms with Crippen molar-refractivity contribution >= 4 is 11.6 Å². The molecule has 4 nitrogen and oxygen atoms in total. The Morgan fingerprint density at radius 1 is 1.45 bits per heavy atom. The van der Waals surface area contributed by atoms with E-state index in [1.807, 2.05) is 13.8 Å². The van der Waals surface area contributed by atoms with Crippen molar-refractivity contribution in [1.29, 1.82) is 0 Å². The van der Waals surface area contributed by atoms with Crippen molar-refractivity contribution in [1.82, 2.24) is 9.55 Å². The third kappa shape index (κ3) is 3.36. The van der Waals surface area contributed by atoms with E-state index in [0.29, 0.717) is 12.5 Å². The number of aromatic nitrogens is 2. The largest absolute Gasteiger partial charge is 0.432 e. The number of halogens is 2. The van der Waals surface area contributed by atoms with Crippen LogP contribution in [0, 0.1) is 11.7 Å². The highest BCUT2D eigenvalue weighted by Crippen LogP contribution is 2.23. The van der Waals surface area contributed by atoms with E-state index in [-0.39, 0.29) is 16.7 Å². The van der Waals surface area contributed by atoms with E-state index in [9.17, 15) is 9.18 Å². The minimum Gasteiger partial charge on any atom is -0.432 e. The van der Waals surface area contributed by atoms with Crippen molar-refractivity contribution in [2.24, 2.45) is 5.92 Å². The molecular formula is C14H14ClFN2O2. The van der Waals surface area contributed by atoms with Gasteiger partial charge in [-0.25, -0.2) is 9.37 Å². The maximum absolute atomic E-state index is 13.6. The van der Waals surface area contributed by atoms with E-state index in [1.54, 1.807) is 6.20 Å². The number of ether oxygens (including phenoxy) is 1. The van der Waals surface area contributed by atoms with Crippen molar-refractivity contribution in [3.63, 3.8) is 0 Å². The van der Waals surface area contributed by atoms with Gasteiger partial charge in [0.15, 0.2) is 11.6 Å². The first-order chi connectivity index (χ1) is 9.47. The van der Waals surface area contributed by atoms with Gasteiger partial charge in [0.2, 0.25) is 0 Å². The lowest BCUT2D eigenvalue weighted by molar-refractivity contribution is 0.408. The van der Waals surface area contributed by atoms with Crippen molar-refractivity contribution in [2.45, 2.75) is 20.4 Å². The van der Waals surface area contributed by atoms with Crippen LogP contribution >= 0.6 is 11.6 Å². The molecule has 6 heteroatoms. The van der Waals surface area contributed by atoms with Gasteiger partial charge in [-0.3, -0.25) is 4.79 Å². The predicted molar refractivity (Wildman–Crippen MR) is 74.8 cm³/mol. The van der Waals surface area contributed by atoms with Crippen molar-refractivity contribution < 1.29 is 9.13 Å². The summed E-state index contributed by atoms with van der Waals surface area (Å²) < 4.78 is 20.4. The molecule has 106 valence electrons. The molecule has 0 N–H and O–H groups in total. The Hall–Kier alpha value is -1.88. The molecular weight excluding hydrogens is 283 g/mol. The van der Waals surface area contributed by atoms with Gasteiger partial charge in [-0.2, -0.15) is 0 Å². The topological polar surface area (TPSA) is 44.1 Å². The van der Waals surface area contributed by atoms with E-state index in [0.717, 1.165) is 6.07 Å². The Morgan fingerprint density at radius 3 is 2.85 bits per heavy atom. The Labute approximate surface area is 120 Å². The van der Waals surface area contributed by atoms with E-state index in [2.05, 4.69) is 4.98 Å². The molecule has 0 fully saturated rings. The molecule has 0 spiro atoms. The minimum absolute atomic E-state index is 0.0821. The molecule has 1 heterocycles. The van der Waals surface area contributed by atoms with E-state index in [1.165, 1.54) is 22.9 Å². The van der Waals surface area contributed by atoms with Crippen LogP contribution in [0.2, 0.25) is 5.02 Å². The van der Waals surface area contributed by atoms with Crippen molar-refractivity contribution in [3.05, 3.63) is 51.8 Å². The summed E-state index contributed by atoms with van der Waals surface area (Å²) in [6, 6.07) is 3.96. The second kappa shape index (κ2) is 6.05. The number of nitrogens with zero attached hydrogens (tertiary/aromatic N) is 2. The van der Waals surface area contributed by atoms with Crippen LogP contribution in [-0.2, 0) is 6.54 Å². The zero-order chi connectivity index (χ0) is 14.7. The molecule has 0 atom stereocenters. The summed E-state index contributed by atoms with van der Waals surface area (Å²) in [6.07, 6.45) is 3.03. The molecule has 1 aromatic carbocycles. The minimum atomic E-state index is -0.641. The molecule has 0 saturated carbocycles. The Balaban J connectivity index is 2.32. The highest BCUT2D eigenvalue weighted by molar-refractivity contribution is 6.30. The number of benzene rings is 1. The van der Waals surface area contributed by atoms with Crippen LogP contribution in [0.5, 0.6) is 11.6 Å². The maximum Gasteiger partial charge on any atom is 0.313 e.